The van der Waals surface area contributed by atoms with Crippen molar-refractivity contribution in [2.45, 2.75) is 82.1 Å². The molecule has 0 aromatic heterocycles. The Labute approximate surface area is 255 Å². The summed E-state index contributed by atoms with van der Waals surface area (Å²) in [5.41, 5.74) is 4.35. The second kappa shape index (κ2) is 10.8. The van der Waals surface area contributed by atoms with Gasteiger partial charge < -0.3 is 14.7 Å². The number of nitrogens with zero attached hydrogens (tertiary/aromatic N) is 2. The number of hydrogen-bond donors (Lipinski definition) is 1. The molecule has 1 saturated carbocycles. The summed E-state index contributed by atoms with van der Waals surface area (Å²) in [7, 11) is 0. The molecule has 1 N–H and O–H groups in total. The summed E-state index contributed by atoms with van der Waals surface area (Å²) in [6.07, 6.45) is 3.65. The predicted molar refractivity (Wildman–Crippen MR) is 169 cm³/mol. The minimum absolute atomic E-state index is 0.0215. The van der Waals surface area contributed by atoms with Gasteiger partial charge in [0.1, 0.15) is 11.9 Å². The third kappa shape index (κ3) is 4.58. The van der Waals surface area contributed by atoms with E-state index >= 15 is 0 Å². The molecule has 2 aliphatic carbocycles. The van der Waals surface area contributed by atoms with Gasteiger partial charge in [0.25, 0.3) is 5.91 Å². The lowest BCUT2D eigenvalue weighted by atomic mass is 9.48. The highest BCUT2D eigenvalue weighted by Crippen LogP contribution is 2.64. The van der Waals surface area contributed by atoms with Gasteiger partial charge in [-0.15, -0.1) is 0 Å². The highest BCUT2D eigenvalue weighted by molar-refractivity contribution is 5.94. The number of hydrogen-bond acceptors (Lipinski definition) is 4. The molecule has 3 aromatic rings. The van der Waals surface area contributed by atoms with Crippen LogP contribution in [0.25, 0.3) is 0 Å². The van der Waals surface area contributed by atoms with E-state index in [4.69, 9.17) is 4.74 Å². The van der Waals surface area contributed by atoms with Crippen molar-refractivity contribution in [1.29, 1.82) is 0 Å². The Morgan fingerprint density at radius 3 is 2.70 bits per heavy atom. The third-order valence-corrected chi connectivity index (χ3v) is 10.5. The van der Waals surface area contributed by atoms with Gasteiger partial charge in [-0.3, -0.25) is 9.69 Å². The van der Waals surface area contributed by atoms with E-state index in [2.05, 4.69) is 79.1 Å². The summed E-state index contributed by atoms with van der Waals surface area (Å²) in [6, 6.07) is 24.9. The van der Waals surface area contributed by atoms with Crippen molar-refractivity contribution < 1.29 is 14.6 Å². The van der Waals surface area contributed by atoms with Crippen LogP contribution in [0.2, 0.25) is 0 Å². The summed E-state index contributed by atoms with van der Waals surface area (Å²) >= 11 is 0. The third-order valence-electron chi connectivity index (χ3n) is 10.5. The van der Waals surface area contributed by atoms with Gasteiger partial charge in [0.2, 0.25) is 0 Å². The summed E-state index contributed by atoms with van der Waals surface area (Å²) in [5.74, 6) is 7.12. The highest BCUT2D eigenvalue weighted by atomic mass is 16.5. The van der Waals surface area contributed by atoms with Crippen molar-refractivity contribution in [2.24, 2.45) is 5.92 Å². The van der Waals surface area contributed by atoms with Gasteiger partial charge in [0, 0.05) is 36.2 Å². The number of piperidine rings is 1. The number of aliphatic hydroxyl groups is 1. The molecule has 222 valence electrons. The number of benzene rings is 3. The maximum absolute atomic E-state index is 13.9. The lowest BCUT2D eigenvalue weighted by molar-refractivity contribution is -0.200. The van der Waals surface area contributed by atoms with Crippen LogP contribution >= 0.6 is 0 Å². The summed E-state index contributed by atoms with van der Waals surface area (Å²) in [4.78, 5) is 18.4. The van der Waals surface area contributed by atoms with Crippen LogP contribution in [0.4, 0.5) is 0 Å². The Bertz CT molecular complexity index is 1590. The average molecular weight is 575 g/mol. The molecule has 0 unspecified atom stereocenters. The molecule has 5 nitrogen and oxygen atoms in total. The second-order valence-electron chi connectivity index (χ2n) is 13.5. The highest BCUT2D eigenvalue weighted by Gasteiger charge is 2.73. The topological polar surface area (TPSA) is 53.0 Å². The van der Waals surface area contributed by atoms with Crippen LogP contribution < -0.4 is 4.74 Å². The number of likely N-dealkylation sites (tertiary alicyclic amines) is 1. The zero-order valence-electron chi connectivity index (χ0n) is 25.6. The molecule has 2 bridgehead atoms. The molecule has 3 aromatic carbocycles. The fraction of sp³-hybridized carbons (Fsp3) is 0.447. The van der Waals surface area contributed by atoms with E-state index < -0.39 is 11.0 Å². The SMILES string of the molecule is Cc1cccc(C#CC(=O)N(CC(C)C)[C@@H]2CC[C@@]3(O)[C@H]4Cc5cccc6c5[C@@]3(CCN4CCc3ccccc3)[C@H]2O6)c1. The molecule has 1 amide bonds. The predicted octanol–water partition coefficient (Wildman–Crippen LogP) is 5.30. The van der Waals surface area contributed by atoms with Crippen molar-refractivity contribution >= 4 is 5.91 Å². The van der Waals surface area contributed by atoms with Gasteiger partial charge in [-0.05, 0) is 86.4 Å². The summed E-state index contributed by atoms with van der Waals surface area (Å²) in [5, 5.41) is 12.9. The van der Waals surface area contributed by atoms with Crippen LogP contribution in [0.1, 0.15) is 60.9 Å². The van der Waals surface area contributed by atoms with Gasteiger partial charge in [-0.1, -0.05) is 74.4 Å². The van der Waals surface area contributed by atoms with Crippen LogP contribution in [0.15, 0.2) is 72.8 Å². The Morgan fingerprint density at radius 2 is 1.91 bits per heavy atom. The molecule has 5 heteroatoms. The molecule has 1 spiro atoms. The average Bonchev–Trinajstić information content (AvgIpc) is 3.34. The molecule has 2 heterocycles. The first-order chi connectivity index (χ1) is 20.8. The fourth-order valence-corrected chi connectivity index (χ4v) is 8.76. The molecule has 0 radical (unpaired) electrons. The minimum atomic E-state index is -0.914. The molecule has 43 heavy (non-hydrogen) atoms. The summed E-state index contributed by atoms with van der Waals surface area (Å²) < 4.78 is 6.89. The number of ether oxygens (including phenoxy) is 1. The Balaban J connectivity index is 1.24. The number of amides is 1. The molecule has 5 atom stereocenters. The Hall–Kier alpha value is -3.59. The quantitative estimate of drug-likeness (QED) is 0.406. The van der Waals surface area contributed by atoms with E-state index in [0.717, 1.165) is 49.2 Å². The van der Waals surface area contributed by atoms with E-state index in [1.807, 2.05) is 36.1 Å². The normalized spacial score (nSPS) is 28.4. The smallest absolute Gasteiger partial charge is 0.299 e. The van der Waals surface area contributed by atoms with E-state index in [-0.39, 0.29) is 30.0 Å². The van der Waals surface area contributed by atoms with Gasteiger partial charge in [0.05, 0.1) is 17.1 Å². The molecule has 4 aliphatic rings. The standard InChI is InChI=1S/C38H42N2O3/c1-26(2)25-40(34(41)16-15-29-12-7-9-27(3)23-29)31-17-19-38(42)33-24-30-13-8-14-32-35(30)37(38,36(31)43-32)20-22-39(33)21-18-28-10-5-4-6-11-28/h4-14,23,26,31,33,36,42H,17-22,24-25H2,1-3H3/t31-,33-,36+,37+,38-/m1/s1. The molecule has 7 rings (SSSR count). The lowest BCUT2D eigenvalue weighted by Crippen LogP contribution is -2.78. The first-order valence-electron chi connectivity index (χ1n) is 16.0. The zero-order chi connectivity index (χ0) is 29.8. The van der Waals surface area contributed by atoms with Crippen molar-refractivity contribution in [1.82, 2.24) is 9.80 Å². The van der Waals surface area contributed by atoms with Crippen molar-refractivity contribution in [3.63, 3.8) is 0 Å². The monoisotopic (exact) mass is 574 g/mol. The first-order valence-corrected chi connectivity index (χ1v) is 16.0. The molecular weight excluding hydrogens is 532 g/mol. The van der Waals surface area contributed by atoms with E-state index in [9.17, 15) is 9.90 Å². The van der Waals surface area contributed by atoms with Gasteiger partial charge in [0.15, 0.2) is 0 Å². The minimum Gasteiger partial charge on any atom is -0.487 e. The molecule has 2 aliphatic heterocycles. The van der Waals surface area contributed by atoms with Crippen LogP contribution in [0.3, 0.4) is 0 Å². The number of rotatable bonds is 6. The zero-order valence-corrected chi connectivity index (χ0v) is 25.6. The fourth-order valence-electron chi connectivity index (χ4n) is 8.76. The number of aryl methyl sites for hydroxylation is 1. The van der Waals surface area contributed by atoms with Crippen molar-refractivity contribution in [2.75, 3.05) is 19.6 Å². The Kier molecular flexibility index (Phi) is 7.11. The largest absolute Gasteiger partial charge is 0.487 e. The maximum atomic E-state index is 13.9. The van der Waals surface area contributed by atoms with Gasteiger partial charge >= 0.3 is 0 Å². The van der Waals surface area contributed by atoms with Crippen molar-refractivity contribution in [3.8, 4) is 17.6 Å². The first kappa shape index (κ1) is 28.2. The van der Waals surface area contributed by atoms with E-state index in [1.165, 1.54) is 16.7 Å². The van der Waals surface area contributed by atoms with E-state index in [1.54, 1.807) is 0 Å². The van der Waals surface area contributed by atoms with Crippen molar-refractivity contribution in [3.05, 3.63) is 101 Å². The van der Waals surface area contributed by atoms with Crippen LogP contribution in [0.5, 0.6) is 5.75 Å². The van der Waals surface area contributed by atoms with Gasteiger partial charge in [-0.25, -0.2) is 0 Å². The van der Waals surface area contributed by atoms with Crippen LogP contribution in [-0.4, -0.2) is 64.2 Å². The van der Waals surface area contributed by atoms with Crippen LogP contribution in [-0.2, 0) is 23.1 Å². The van der Waals surface area contributed by atoms with Gasteiger partial charge in [-0.2, -0.15) is 0 Å². The lowest BCUT2D eigenvalue weighted by Gasteiger charge is -2.64. The Morgan fingerprint density at radius 1 is 1.09 bits per heavy atom. The van der Waals surface area contributed by atoms with E-state index in [0.29, 0.717) is 19.4 Å². The second-order valence-corrected chi connectivity index (χ2v) is 13.5. The number of carbonyl (C=O) groups excluding carboxylic acids is 1. The van der Waals surface area contributed by atoms with Crippen LogP contribution in [0, 0.1) is 24.7 Å². The maximum Gasteiger partial charge on any atom is 0.299 e. The number of carbonyl (C=O) groups is 1. The summed E-state index contributed by atoms with van der Waals surface area (Å²) in [6.45, 7) is 8.77. The molecule has 1 saturated heterocycles. The molecule has 2 fully saturated rings. The molecular formula is C38H42N2O3.